The maximum absolute atomic E-state index is 12.0. The van der Waals surface area contributed by atoms with E-state index in [-0.39, 0.29) is 16.7 Å². The van der Waals surface area contributed by atoms with E-state index in [2.05, 4.69) is 24.4 Å². The molecule has 3 rings (SSSR count). The van der Waals surface area contributed by atoms with E-state index in [9.17, 15) is 4.79 Å². The highest BCUT2D eigenvalue weighted by atomic mass is 35.5. The van der Waals surface area contributed by atoms with Gasteiger partial charge in [-0.3, -0.25) is 4.79 Å². The first-order valence-electron chi connectivity index (χ1n) is 7.65. The number of fused-ring (bicyclic) bond motifs is 1. The Bertz CT molecular complexity index is 520. The van der Waals surface area contributed by atoms with Gasteiger partial charge >= 0.3 is 0 Å². The Kier molecular flexibility index (Phi) is 3.76. The Balaban J connectivity index is 1.90. The zero-order valence-electron chi connectivity index (χ0n) is 12.0. The highest BCUT2D eigenvalue weighted by molar-refractivity contribution is 6.21. The molecule has 1 aliphatic heterocycles. The van der Waals surface area contributed by atoms with Crippen molar-refractivity contribution in [1.29, 1.82) is 0 Å². The van der Waals surface area contributed by atoms with Crippen LogP contribution in [-0.2, 0) is 6.42 Å². The van der Waals surface area contributed by atoms with Gasteiger partial charge in [-0.25, -0.2) is 0 Å². The zero-order chi connectivity index (χ0) is 14.2. The number of carbonyl (C=O) groups excluding carboxylic acids is 1. The summed E-state index contributed by atoms with van der Waals surface area (Å²) in [6.07, 6.45) is 7.16. The molecule has 3 heteroatoms. The summed E-state index contributed by atoms with van der Waals surface area (Å²) < 4.78 is 0. The molecule has 1 saturated carbocycles. The molecule has 1 unspecified atom stereocenters. The number of halogens is 1. The quantitative estimate of drug-likeness (QED) is 0.812. The predicted octanol–water partition coefficient (Wildman–Crippen LogP) is 4.22. The summed E-state index contributed by atoms with van der Waals surface area (Å²) in [6.45, 7) is 3.04. The van der Waals surface area contributed by atoms with Crippen molar-refractivity contribution in [2.24, 2.45) is 5.41 Å². The summed E-state index contributed by atoms with van der Waals surface area (Å²) >= 11 is 6.78. The molecule has 1 N–H and O–H groups in total. The lowest BCUT2D eigenvalue weighted by molar-refractivity contribution is 0.0945. The van der Waals surface area contributed by atoms with Gasteiger partial charge in [0.1, 0.15) is 0 Å². The van der Waals surface area contributed by atoms with Gasteiger partial charge in [0.25, 0.3) is 5.91 Å². The molecular formula is C17H22ClNO. The number of rotatable bonds is 2. The van der Waals surface area contributed by atoms with Crippen LogP contribution in [0.5, 0.6) is 0 Å². The van der Waals surface area contributed by atoms with Crippen molar-refractivity contribution in [2.75, 3.05) is 6.54 Å². The molecule has 1 atom stereocenters. The molecular weight excluding hydrogens is 270 g/mol. The lowest BCUT2D eigenvalue weighted by Crippen LogP contribution is -2.32. The standard InChI is InChI=1S/C17H22ClNO/c1-17(8-3-2-4-9-17)15(18)13-6-5-12-7-10-19-16(20)14(12)11-13/h5-6,11,15H,2-4,7-10H2,1H3,(H,19,20). The minimum absolute atomic E-state index is 0.00262. The molecule has 1 aliphatic carbocycles. The Morgan fingerprint density at radius 1 is 1.25 bits per heavy atom. The number of alkyl halides is 1. The molecule has 0 saturated heterocycles. The summed E-state index contributed by atoms with van der Waals surface area (Å²) in [5.41, 5.74) is 3.24. The van der Waals surface area contributed by atoms with Gasteiger partial charge in [-0.2, -0.15) is 0 Å². The average molecular weight is 292 g/mol. The van der Waals surface area contributed by atoms with Crippen LogP contribution in [0.3, 0.4) is 0 Å². The third-order valence-corrected chi connectivity index (χ3v) is 5.74. The van der Waals surface area contributed by atoms with Crippen molar-refractivity contribution in [1.82, 2.24) is 5.32 Å². The molecule has 2 aliphatic rings. The molecule has 108 valence electrons. The fraction of sp³-hybridized carbons (Fsp3) is 0.588. The average Bonchev–Trinajstić information content (AvgIpc) is 2.47. The first-order chi connectivity index (χ1) is 9.60. The molecule has 20 heavy (non-hydrogen) atoms. The second-order valence-electron chi connectivity index (χ2n) is 6.50. The zero-order valence-corrected chi connectivity index (χ0v) is 12.8. The van der Waals surface area contributed by atoms with E-state index in [1.807, 2.05) is 6.07 Å². The third-order valence-electron chi connectivity index (χ3n) is 4.96. The van der Waals surface area contributed by atoms with Crippen LogP contribution in [0.4, 0.5) is 0 Å². The number of hydrogen-bond donors (Lipinski definition) is 1. The maximum atomic E-state index is 12.0. The Morgan fingerprint density at radius 3 is 2.75 bits per heavy atom. The molecule has 1 aromatic rings. The monoisotopic (exact) mass is 291 g/mol. The summed E-state index contributed by atoms with van der Waals surface area (Å²) in [7, 11) is 0. The third kappa shape index (κ3) is 2.46. The molecule has 1 heterocycles. The molecule has 0 bridgehead atoms. The van der Waals surface area contributed by atoms with Gasteiger partial charge in [-0.05, 0) is 41.9 Å². The topological polar surface area (TPSA) is 29.1 Å². The van der Waals surface area contributed by atoms with Crippen molar-refractivity contribution in [3.8, 4) is 0 Å². The highest BCUT2D eigenvalue weighted by Gasteiger charge is 2.35. The van der Waals surface area contributed by atoms with Crippen LogP contribution in [0.15, 0.2) is 18.2 Å². The summed E-state index contributed by atoms with van der Waals surface area (Å²) in [4.78, 5) is 12.0. The number of nitrogens with one attached hydrogen (secondary N) is 1. The van der Waals surface area contributed by atoms with Crippen LogP contribution in [-0.4, -0.2) is 12.5 Å². The van der Waals surface area contributed by atoms with Crippen LogP contribution in [0.2, 0.25) is 0 Å². The van der Waals surface area contributed by atoms with E-state index in [4.69, 9.17) is 11.6 Å². The van der Waals surface area contributed by atoms with E-state index in [1.54, 1.807) is 0 Å². The highest BCUT2D eigenvalue weighted by Crippen LogP contribution is 2.49. The van der Waals surface area contributed by atoms with Gasteiger partial charge in [0, 0.05) is 12.1 Å². The van der Waals surface area contributed by atoms with Crippen molar-refractivity contribution in [3.63, 3.8) is 0 Å². The van der Waals surface area contributed by atoms with E-state index in [0.29, 0.717) is 0 Å². The predicted molar refractivity (Wildman–Crippen MR) is 82.3 cm³/mol. The van der Waals surface area contributed by atoms with Crippen molar-refractivity contribution in [2.45, 2.75) is 50.8 Å². The summed E-state index contributed by atoms with van der Waals surface area (Å²) in [6, 6.07) is 6.22. The molecule has 1 amide bonds. The van der Waals surface area contributed by atoms with Gasteiger partial charge in [0.2, 0.25) is 0 Å². The van der Waals surface area contributed by atoms with Crippen LogP contribution in [0.25, 0.3) is 0 Å². The molecule has 0 aromatic heterocycles. The number of hydrogen-bond acceptors (Lipinski definition) is 1. The van der Waals surface area contributed by atoms with Crippen LogP contribution in [0.1, 0.15) is 65.9 Å². The SMILES string of the molecule is CC1(C(Cl)c2ccc3c(c2)C(=O)NCC3)CCCCC1. The fourth-order valence-corrected chi connectivity index (χ4v) is 3.96. The van der Waals surface area contributed by atoms with Crippen LogP contribution >= 0.6 is 11.6 Å². The van der Waals surface area contributed by atoms with Crippen LogP contribution < -0.4 is 5.32 Å². The fourth-order valence-electron chi connectivity index (χ4n) is 3.60. The number of benzene rings is 1. The normalized spacial score (nSPS) is 22.8. The Morgan fingerprint density at radius 2 is 2.00 bits per heavy atom. The van der Waals surface area contributed by atoms with E-state index in [0.717, 1.165) is 29.7 Å². The molecule has 2 nitrogen and oxygen atoms in total. The van der Waals surface area contributed by atoms with Crippen LogP contribution in [0, 0.1) is 5.41 Å². The molecule has 0 spiro atoms. The van der Waals surface area contributed by atoms with Crippen molar-refractivity contribution < 1.29 is 4.79 Å². The molecule has 0 radical (unpaired) electrons. The number of amides is 1. The summed E-state index contributed by atoms with van der Waals surface area (Å²) in [5, 5.41) is 2.91. The lowest BCUT2D eigenvalue weighted by Gasteiger charge is -2.38. The van der Waals surface area contributed by atoms with Crippen molar-refractivity contribution >= 4 is 17.5 Å². The van der Waals surface area contributed by atoms with Crippen molar-refractivity contribution in [3.05, 3.63) is 34.9 Å². The minimum Gasteiger partial charge on any atom is -0.352 e. The largest absolute Gasteiger partial charge is 0.352 e. The van der Waals surface area contributed by atoms with E-state index < -0.39 is 0 Å². The van der Waals surface area contributed by atoms with Gasteiger partial charge in [0.15, 0.2) is 0 Å². The van der Waals surface area contributed by atoms with Gasteiger partial charge < -0.3 is 5.32 Å². The lowest BCUT2D eigenvalue weighted by atomic mass is 9.71. The first kappa shape index (κ1) is 13.9. The first-order valence-corrected chi connectivity index (χ1v) is 8.09. The van der Waals surface area contributed by atoms with Gasteiger partial charge in [-0.15, -0.1) is 11.6 Å². The molecule has 1 aromatic carbocycles. The Labute approximate surface area is 125 Å². The van der Waals surface area contributed by atoms with E-state index in [1.165, 1.54) is 32.1 Å². The smallest absolute Gasteiger partial charge is 0.251 e. The van der Waals surface area contributed by atoms with Gasteiger partial charge in [-0.1, -0.05) is 38.3 Å². The Hall–Kier alpha value is -1.02. The summed E-state index contributed by atoms with van der Waals surface area (Å²) in [5.74, 6) is 0.0470. The maximum Gasteiger partial charge on any atom is 0.251 e. The number of carbonyl (C=O) groups is 1. The minimum atomic E-state index is 0.00262. The van der Waals surface area contributed by atoms with Gasteiger partial charge in [0.05, 0.1) is 5.38 Å². The molecule has 1 fully saturated rings. The second-order valence-corrected chi connectivity index (χ2v) is 6.94. The van der Waals surface area contributed by atoms with E-state index >= 15 is 0 Å². The second kappa shape index (κ2) is 5.40.